The molecule has 2 fully saturated rings. The zero-order chi connectivity index (χ0) is 22.7. The van der Waals surface area contributed by atoms with E-state index in [9.17, 15) is 9.59 Å². The topological polar surface area (TPSA) is 69.6 Å². The molecule has 0 amide bonds. The van der Waals surface area contributed by atoms with Crippen LogP contribution >= 0.6 is 0 Å². The highest BCUT2D eigenvalue weighted by atomic mass is 16.5. The lowest BCUT2D eigenvalue weighted by molar-refractivity contribution is -0.0138. The van der Waals surface area contributed by atoms with Crippen LogP contribution in [0, 0.1) is 12.8 Å². The summed E-state index contributed by atoms with van der Waals surface area (Å²) in [5.41, 5.74) is 2.31. The normalized spacial score (nSPS) is 21.6. The number of ketones is 2. The minimum Gasteiger partial charge on any atom is -0.496 e. The van der Waals surface area contributed by atoms with Gasteiger partial charge in [0.25, 0.3) is 0 Å². The standard InChI is InChI=1S/C27H28N2O4/c1-16-15-29(18-7-8-18)20-13-17(14-22(32-2)23(16)20)25(30)24-26(31)19-5-3-4-6-21(19)33-27(24)9-11-28-12-10-27/h3-6,13-15,18,24,28H,7-12H2,1-2H3. The van der Waals surface area contributed by atoms with Gasteiger partial charge in [0.05, 0.1) is 18.2 Å². The Morgan fingerprint density at radius 2 is 1.94 bits per heavy atom. The molecule has 6 heteroatoms. The number of carbonyl (C=O) groups is 2. The van der Waals surface area contributed by atoms with E-state index >= 15 is 0 Å². The number of nitrogens with zero attached hydrogens (tertiary/aromatic N) is 1. The molecule has 1 N–H and O–H groups in total. The third-order valence-corrected chi connectivity index (χ3v) is 7.50. The van der Waals surface area contributed by atoms with Crippen LogP contribution in [0.3, 0.4) is 0 Å². The van der Waals surface area contributed by atoms with Crippen LogP contribution in [0.15, 0.2) is 42.6 Å². The Kier molecular flexibility index (Phi) is 4.63. The van der Waals surface area contributed by atoms with Gasteiger partial charge in [-0.3, -0.25) is 9.59 Å². The average molecular weight is 445 g/mol. The van der Waals surface area contributed by atoms with E-state index in [1.54, 1.807) is 19.2 Å². The second kappa shape index (κ2) is 7.45. The maximum atomic E-state index is 14.1. The molecule has 1 atom stereocenters. The Balaban J connectivity index is 1.50. The Morgan fingerprint density at radius 3 is 2.67 bits per heavy atom. The summed E-state index contributed by atoms with van der Waals surface area (Å²) in [5.74, 6) is 0.0628. The van der Waals surface area contributed by atoms with Crippen LogP contribution in [0.4, 0.5) is 0 Å². The summed E-state index contributed by atoms with van der Waals surface area (Å²) < 4.78 is 14.5. The van der Waals surface area contributed by atoms with E-state index in [0.29, 0.717) is 54.6 Å². The number of piperidine rings is 1. The van der Waals surface area contributed by atoms with E-state index in [4.69, 9.17) is 9.47 Å². The van der Waals surface area contributed by atoms with Gasteiger partial charge in [0.15, 0.2) is 11.6 Å². The number of carbonyl (C=O) groups excluding carboxylic acids is 2. The fraction of sp³-hybridized carbons (Fsp3) is 0.407. The number of Topliss-reactive ketones (excluding diaryl/α,β-unsaturated/α-hetero) is 2. The molecule has 6 nitrogen and oxygen atoms in total. The largest absolute Gasteiger partial charge is 0.496 e. The van der Waals surface area contributed by atoms with Gasteiger partial charge >= 0.3 is 0 Å². The molecule has 0 radical (unpaired) electrons. The Hall–Kier alpha value is -3.12. The van der Waals surface area contributed by atoms with Crippen molar-refractivity contribution in [2.75, 3.05) is 20.2 Å². The fourth-order valence-electron chi connectivity index (χ4n) is 5.70. The van der Waals surface area contributed by atoms with Gasteiger partial charge in [-0.1, -0.05) is 12.1 Å². The van der Waals surface area contributed by atoms with Crippen LogP contribution in [0.2, 0.25) is 0 Å². The number of rotatable bonds is 4. The summed E-state index contributed by atoms with van der Waals surface area (Å²) >= 11 is 0. The van der Waals surface area contributed by atoms with E-state index in [-0.39, 0.29) is 11.6 Å². The smallest absolute Gasteiger partial charge is 0.181 e. The van der Waals surface area contributed by atoms with Gasteiger partial charge in [0.1, 0.15) is 23.0 Å². The monoisotopic (exact) mass is 444 g/mol. The van der Waals surface area contributed by atoms with Gasteiger partial charge in [-0.2, -0.15) is 0 Å². The molecule has 1 saturated carbocycles. The molecule has 1 aliphatic carbocycles. The molecule has 1 unspecified atom stereocenters. The molecule has 3 aromatic rings. The highest BCUT2D eigenvalue weighted by Gasteiger charge is 2.53. The molecule has 2 aromatic carbocycles. The van der Waals surface area contributed by atoms with Crippen LogP contribution in [-0.4, -0.2) is 41.9 Å². The summed E-state index contributed by atoms with van der Waals surface area (Å²) in [6, 6.07) is 11.5. The van der Waals surface area contributed by atoms with Crippen molar-refractivity contribution in [2.24, 2.45) is 5.92 Å². The third-order valence-electron chi connectivity index (χ3n) is 7.50. The number of methoxy groups -OCH3 is 1. The van der Waals surface area contributed by atoms with Crippen LogP contribution in [0.25, 0.3) is 10.9 Å². The maximum Gasteiger partial charge on any atom is 0.181 e. The van der Waals surface area contributed by atoms with E-state index in [0.717, 1.165) is 29.3 Å². The lowest BCUT2D eigenvalue weighted by atomic mass is 9.70. The van der Waals surface area contributed by atoms with E-state index in [2.05, 4.69) is 23.0 Å². The molecular formula is C27H28N2O4. The minimum atomic E-state index is -0.873. The third kappa shape index (κ3) is 3.11. The Bertz CT molecular complexity index is 1280. The van der Waals surface area contributed by atoms with Crippen molar-refractivity contribution in [2.45, 2.75) is 44.2 Å². The van der Waals surface area contributed by atoms with Crippen LogP contribution < -0.4 is 14.8 Å². The molecular weight excluding hydrogens is 416 g/mol. The summed E-state index contributed by atoms with van der Waals surface area (Å²) in [6.45, 7) is 3.50. The van der Waals surface area contributed by atoms with Gasteiger partial charge in [-0.25, -0.2) is 0 Å². The van der Waals surface area contributed by atoms with E-state index in [1.165, 1.54) is 0 Å². The SMILES string of the molecule is COc1cc(C(=O)C2C(=O)c3ccccc3OC23CCNCC3)cc2c1c(C)cn2C1CC1. The van der Waals surface area contributed by atoms with Crippen molar-refractivity contribution >= 4 is 22.5 Å². The number of hydrogen-bond donors (Lipinski definition) is 1. The number of nitrogens with one attached hydrogen (secondary N) is 1. The van der Waals surface area contributed by atoms with Crippen molar-refractivity contribution in [1.29, 1.82) is 0 Å². The van der Waals surface area contributed by atoms with Crippen LogP contribution in [0.1, 0.15) is 58.0 Å². The molecule has 0 bridgehead atoms. The minimum absolute atomic E-state index is 0.142. The van der Waals surface area contributed by atoms with E-state index < -0.39 is 11.5 Å². The fourth-order valence-corrected chi connectivity index (χ4v) is 5.70. The second-order valence-corrected chi connectivity index (χ2v) is 9.60. The molecule has 2 aliphatic heterocycles. The summed E-state index contributed by atoms with van der Waals surface area (Å²) in [5, 5.41) is 4.38. The number of para-hydroxylation sites is 1. The van der Waals surface area contributed by atoms with Gasteiger partial charge < -0.3 is 19.4 Å². The maximum absolute atomic E-state index is 14.1. The van der Waals surface area contributed by atoms with Crippen molar-refractivity contribution in [3.05, 3.63) is 59.3 Å². The Morgan fingerprint density at radius 1 is 1.18 bits per heavy atom. The first-order chi connectivity index (χ1) is 16.0. The quantitative estimate of drug-likeness (QED) is 0.474. The Labute approximate surface area is 192 Å². The lowest BCUT2D eigenvalue weighted by Gasteiger charge is -2.45. The number of fused-ring (bicyclic) bond motifs is 2. The number of hydrogen-bond acceptors (Lipinski definition) is 5. The van der Waals surface area contributed by atoms with Crippen molar-refractivity contribution in [3.8, 4) is 11.5 Å². The first kappa shape index (κ1) is 20.5. The molecule has 170 valence electrons. The molecule has 1 spiro atoms. The number of aromatic nitrogens is 1. The number of aryl methyl sites for hydroxylation is 1. The predicted octanol–water partition coefficient (Wildman–Crippen LogP) is 4.49. The van der Waals surface area contributed by atoms with Crippen molar-refractivity contribution in [3.63, 3.8) is 0 Å². The molecule has 3 aliphatic rings. The summed E-state index contributed by atoms with van der Waals surface area (Å²) in [6.07, 6.45) is 5.66. The molecule has 3 heterocycles. The zero-order valence-electron chi connectivity index (χ0n) is 19.0. The molecule has 1 aromatic heterocycles. The van der Waals surface area contributed by atoms with Crippen molar-refractivity contribution in [1.82, 2.24) is 9.88 Å². The van der Waals surface area contributed by atoms with Crippen LogP contribution in [-0.2, 0) is 0 Å². The summed E-state index contributed by atoms with van der Waals surface area (Å²) in [4.78, 5) is 27.9. The van der Waals surface area contributed by atoms with Gasteiger partial charge in [-0.05, 0) is 62.7 Å². The zero-order valence-corrected chi connectivity index (χ0v) is 19.0. The van der Waals surface area contributed by atoms with Gasteiger partial charge in [0.2, 0.25) is 0 Å². The highest BCUT2D eigenvalue weighted by molar-refractivity contribution is 6.19. The predicted molar refractivity (Wildman–Crippen MR) is 126 cm³/mol. The first-order valence-electron chi connectivity index (χ1n) is 11.8. The van der Waals surface area contributed by atoms with E-state index in [1.807, 2.05) is 24.3 Å². The van der Waals surface area contributed by atoms with Crippen molar-refractivity contribution < 1.29 is 19.1 Å². The average Bonchev–Trinajstić information content (AvgIpc) is 3.62. The number of ether oxygens (including phenoxy) is 2. The molecule has 33 heavy (non-hydrogen) atoms. The first-order valence-corrected chi connectivity index (χ1v) is 11.8. The van der Waals surface area contributed by atoms with Crippen LogP contribution in [0.5, 0.6) is 11.5 Å². The van der Waals surface area contributed by atoms with Gasteiger partial charge in [-0.15, -0.1) is 0 Å². The molecule has 6 rings (SSSR count). The highest BCUT2D eigenvalue weighted by Crippen LogP contribution is 2.45. The molecule has 1 saturated heterocycles. The number of benzene rings is 2. The van der Waals surface area contributed by atoms with Gasteiger partial charge in [0, 0.05) is 36.0 Å². The lowest BCUT2D eigenvalue weighted by Crippen LogP contribution is -2.58. The summed E-state index contributed by atoms with van der Waals surface area (Å²) in [7, 11) is 1.64. The second-order valence-electron chi connectivity index (χ2n) is 9.60.